The van der Waals surface area contributed by atoms with Gasteiger partial charge in [0.25, 0.3) is 0 Å². The van der Waals surface area contributed by atoms with E-state index in [1.54, 1.807) is 14.2 Å². The maximum Gasteiger partial charge on any atom is 0.228 e. The van der Waals surface area contributed by atoms with Crippen LogP contribution in [0, 0.1) is 11.3 Å². The Labute approximate surface area is 180 Å². The number of ether oxygens (including phenoxy) is 3. The Morgan fingerprint density at radius 1 is 1.07 bits per heavy atom. The Hall–Kier alpha value is -0.910. The first kappa shape index (κ1) is 28.1. The van der Waals surface area contributed by atoms with Crippen LogP contribution in [0.3, 0.4) is 0 Å². The number of rotatable bonds is 8. The van der Waals surface area contributed by atoms with E-state index in [9.17, 15) is 4.79 Å². The summed E-state index contributed by atoms with van der Waals surface area (Å²) in [6.07, 6.45) is 7.12. The molecule has 2 rings (SSSR count). The minimum atomic E-state index is -0.341. The normalized spacial score (nSPS) is 23.1. The van der Waals surface area contributed by atoms with Gasteiger partial charge >= 0.3 is 0 Å². The fourth-order valence-corrected chi connectivity index (χ4v) is 3.56. The van der Waals surface area contributed by atoms with Crippen molar-refractivity contribution < 1.29 is 19.0 Å². The van der Waals surface area contributed by atoms with Crippen molar-refractivity contribution >= 4 is 5.91 Å². The molecule has 1 saturated carbocycles. The Kier molecular flexibility index (Phi) is 14.5. The van der Waals surface area contributed by atoms with Crippen LogP contribution in [0.15, 0.2) is 13.2 Å². The van der Waals surface area contributed by atoms with Gasteiger partial charge in [-0.3, -0.25) is 4.79 Å². The lowest BCUT2D eigenvalue weighted by atomic mass is 9.76. The van der Waals surface area contributed by atoms with Crippen LogP contribution in [0.1, 0.15) is 73.1 Å². The molecule has 5 heteroatoms. The molecule has 0 aromatic rings. The van der Waals surface area contributed by atoms with Crippen LogP contribution in [0.25, 0.3) is 0 Å². The fraction of sp³-hybridized carbons (Fsp3) is 0.875. The molecule has 1 atom stereocenters. The van der Waals surface area contributed by atoms with Gasteiger partial charge in [-0.15, -0.1) is 13.2 Å². The molecule has 29 heavy (non-hydrogen) atoms. The average Bonchev–Trinajstić information content (AvgIpc) is 2.70. The summed E-state index contributed by atoms with van der Waals surface area (Å²) >= 11 is 0. The van der Waals surface area contributed by atoms with Gasteiger partial charge in [0.2, 0.25) is 5.91 Å². The summed E-state index contributed by atoms with van der Waals surface area (Å²) in [4.78, 5) is 15.0. The molecule has 1 aliphatic carbocycles. The molecule has 1 saturated heterocycles. The lowest BCUT2D eigenvalue weighted by Gasteiger charge is -2.42. The lowest BCUT2D eigenvalue weighted by molar-refractivity contribution is -0.151. The van der Waals surface area contributed by atoms with Crippen molar-refractivity contribution in [1.29, 1.82) is 0 Å². The van der Waals surface area contributed by atoms with E-state index in [4.69, 9.17) is 14.2 Å². The van der Waals surface area contributed by atoms with Gasteiger partial charge in [-0.05, 0) is 38.0 Å². The van der Waals surface area contributed by atoms with Crippen LogP contribution in [0.5, 0.6) is 0 Å². The van der Waals surface area contributed by atoms with E-state index in [0.717, 1.165) is 45.2 Å². The van der Waals surface area contributed by atoms with Crippen LogP contribution >= 0.6 is 0 Å². The molecular formula is C24H47NO4. The molecular weight excluding hydrogens is 366 g/mol. The third-order valence-electron chi connectivity index (χ3n) is 6.04. The van der Waals surface area contributed by atoms with E-state index in [-0.39, 0.29) is 11.3 Å². The number of amides is 1. The zero-order valence-corrected chi connectivity index (χ0v) is 20.2. The van der Waals surface area contributed by atoms with E-state index in [1.165, 1.54) is 6.42 Å². The first-order chi connectivity index (χ1) is 13.8. The standard InChI is InChI=1S/C19H35NO4.C3H8.C2H4/c1-14(8-11-22-4)19(2,3)18(21)20-9-6-15(7-10-20)24-17-12-16(13-17)23-5;1-3-2;1-2/h14-17H,6-13H2,1-5H3;3H2,1-2H3;1-2H2. The minimum Gasteiger partial charge on any atom is -0.385 e. The van der Waals surface area contributed by atoms with Gasteiger partial charge in [0, 0.05) is 39.3 Å². The molecule has 1 heterocycles. The van der Waals surface area contributed by atoms with Crippen LogP contribution in [0.2, 0.25) is 0 Å². The third kappa shape index (κ3) is 9.18. The molecule has 172 valence electrons. The van der Waals surface area contributed by atoms with Gasteiger partial charge in [-0.2, -0.15) is 0 Å². The maximum absolute atomic E-state index is 12.9. The Bertz CT molecular complexity index is 427. The summed E-state index contributed by atoms with van der Waals surface area (Å²) in [5.41, 5.74) is -0.341. The molecule has 0 N–H and O–H groups in total. The van der Waals surface area contributed by atoms with E-state index >= 15 is 0 Å². The molecule has 0 aromatic heterocycles. The summed E-state index contributed by atoms with van der Waals surface area (Å²) in [5.74, 6) is 0.576. The van der Waals surface area contributed by atoms with Crippen molar-refractivity contribution in [3.8, 4) is 0 Å². The van der Waals surface area contributed by atoms with Crippen molar-refractivity contribution in [2.75, 3.05) is 33.9 Å². The second kappa shape index (κ2) is 15.0. The number of hydrogen-bond acceptors (Lipinski definition) is 4. The molecule has 0 radical (unpaired) electrons. The van der Waals surface area contributed by atoms with E-state index in [2.05, 4.69) is 47.8 Å². The van der Waals surface area contributed by atoms with Crippen LogP contribution in [-0.2, 0) is 19.0 Å². The molecule has 1 amide bonds. The lowest BCUT2D eigenvalue weighted by Crippen LogP contribution is -2.49. The molecule has 0 spiro atoms. The zero-order chi connectivity index (χ0) is 22.4. The molecule has 0 aromatic carbocycles. The number of nitrogens with zero attached hydrogens (tertiary/aromatic N) is 1. The predicted octanol–water partition coefficient (Wildman–Crippen LogP) is 5.09. The van der Waals surface area contributed by atoms with Crippen LogP contribution in [0.4, 0.5) is 0 Å². The molecule has 2 aliphatic rings. The molecule has 0 bridgehead atoms. The number of piperidine rings is 1. The average molecular weight is 414 g/mol. The predicted molar refractivity (Wildman–Crippen MR) is 121 cm³/mol. The summed E-state index contributed by atoms with van der Waals surface area (Å²) in [6, 6.07) is 0. The van der Waals surface area contributed by atoms with Gasteiger partial charge < -0.3 is 19.1 Å². The largest absolute Gasteiger partial charge is 0.385 e. The van der Waals surface area contributed by atoms with Gasteiger partial charge in [-0.1, -0.05) is 41.0 Å². The Morgan fingerprint density at radius 3 is 2.03 bits per heavy atom. The highest BCUT2D eigenvalue weighted by Gasteiger charge is 2.39. The second-order valence-electron chi connectivity index (χ2n) is 8.69. The first-order valence-electron chi connectivity index (χ1n) is 11.3. The van der Waals surface area contributed by atoms with Crippen molar-refractivity contribution in [3.63, 3.8) is 0 Å². The smallest absolute Gasteiger partial charge is 0.228 e. The van der Waals surface area contributed by atoms with Crippen LogP contribution in [-0.4, -0.2) is 63.0 Å². The highest BCUT2D eigenvalue weighted by atomic mass is 16.5. The summed E-state index contributed by atoms with van der Waals surface area (Å²) < 4.78 is 16.6. The summed E-state index contributed by atoms with van der Waals surface area (Å²) in [6.45, 7) is 18.9. The highest BCUT2D eigenvalue weighted by Crippen LogP contribution is 2.33. The Morgan fingerprint density at radius 2 is 1.59 bits per heavy atom. The van der Waals surface area contributed by atoms with Crippen molar-refractivity contribution in [2.24, 2.45) is 11.3 Å². The molecule has 1 unspecified atom stereocenters. The fourth-order valence-electron chi connectivity index (χ4n) is 3.56. The molecule has 2 fully saturated rings. The number of hydrogen-bond donors (Lipinski definition) is 0. The van der Waals surface area contributed by atoms with Crippen LogP contribution < -0.4 is 0 Å². The SMILES string of the molecule is C=C.CCC.COCCC(C)C(C)(C)C(=O)N1CCC(OC2CC(OC)C2)CC1. The van der Waals surface area contributed by atoms with Crippen molar-refractivity contribution in [3.05, 3.63) is 13.2 Å². The third-order valence-corrected chi connectivity index (χ3v) is 6.04. The van der Waals surface area contributed by atoms with Gasteiger partial charge in [-0.25, -0.2) is 0 Å². The van der Waals surface area contributed by atoms with E-state index in [0.29, 0.717) is 30.8 Å². The second-order valence-corrected chi connectivity index (χ2v) is 8.69. The highest BCUT2D eigenvalue weighted by molar-refractivity contribution is 5.82. The Balaban J connectivity index is 0.00000143. The molecule has 5 nitrogen and oxygen atoms in total. The topological polar surface area (TPSA) is 48.0 Å². The van der Waals surface area contributed by atoms with Crippen molar-refractivity contribution in [2.45, 2.75) is 91.5 Å². The number of carbonyl (C=O) groups excluding carboxylic acids is 1. The zero-order valence-electron chi connectivity index (χ0n) is 20.2. The van der Waals surface area contributed by atoms with Crippen molar-refractivity contribution in [1.82, 2.24) is 4.90 Å². The van der Waals surface area contributed by atoms with Gasteiger partial charge in [0.05, 0.1) is 18.3 Å². The first-order valence-corrected chi connectivity index (χ1v) is 11.3. The van der Waals surface area contributed by atoms with E-state index in [1.807, 2.05) is 4.90 Å². The van der Waals surface area contributed by atoms with Gasteiger partial charge in [0.1, 0.15) is 0 Å². The molecule has 1 aliphatic heterocycles. The number of methoxy groups -OCH3 is 2. The summed E-state index contributed by atoms with van der Waals surface area (Å²) in [5, 5.41) is 0. The number of carbonyl (C=O) groups is 1. The van der Waals surface area contributed by atoms with E-state index < -0.39 is 0 Å². The monoisotopic (exact) mass is 413 g/mol. The quantitative estimate of drug-likeness (QED) is 0.520. The number of likely N-dealkylation sites (tertiary alicyclic amines) is 1. The minimum absolute atomic E-state index is 0.271. The maximum atomic E-state index is 12.9. The van der Waals surface area contributed by atoms with Gasteiger partial charge in [0.15, 0.2) is 0 Å². The summed E-state index contributed by atoms with van der Waals surface area (Å²) in [7, 11) is 3.48.